The number of para-hydroxylation sites is 1. The highest BCUT2D eigenvalue weighted by molar-refractivity contribution is 5.88. The summed E-state index contributed by atoms with van der Waals surface area (Å²) in [7, 11) is 0. The van der Waals surface area contributed by atoms with Crippen molar-refractivity contribution in [3.05, 3.63) is 47.2 Å². The van der Waals surface area contributed by atoms with E-state index in [4.69, 9.17) is 4.42 Å². The Kier molecular flexibility index (Phi) is 4.26. The summed E-state index contributed by atoms with van der Waals surface area (Å²) in [6, 6.07) is 7.89. The Hall–Kier alpha value is -2.63. The van der Waals surface area contributed by atoms with Crippen LogP contribution in [0.5, 0.6) is 0 Å². The van der Waals surface area contributed by atoms with E-state index in [1.807, 2.05) is 31.2 Å². The van der Waals surface area contributed by atoms with E-state index in [0.29, 0.717) is 19.4 Å². The molecule has 130 valence electrons. The second-order valence-electron chi connectivity index (χ2n) is 6.42. The maximum absolute atomic E-state index is 12.4. The fraction of sp³-hybridized carbons (Fsp3) is 0.421. The van der Waals surface area contributed by atoms with Gasteiger partial charge in [-0.05, 0) is 12.5 Å². The van der Waals surface area contributed by atoms with Gasteiger partial charge in [-0.1, -0.05) is 25.1 Å². The van der Waals surface area contributed by atoms with Gasteiger partial charge in [0.15, 0.2) is 0 Å². The number of benzene rings is 1. The lowest BCUT2D eigenvalue weighted by atomic mass is 10.1. The van der Waals surface area contributed by atoms with Crippen LogP contribution in [0.15, 0.2) is 28.7 Å². The molecule has 0 atom stereocenters. The number of amides is 1. The van der Waals surface area contributed by atoms with Crippen LogP contribution in [0.25, 0.3) is 11.0 Å². The van der Waals surface area contributed by atoms with Crippen molar-refractivity contribution in [1.29, 1.82) is 0 Å². The van der Waals surface area contributed by atoms with E-state index in [-0.39, 0.29) is 5.91 Å². The number of aromatic nitrogens is 3. The van der Waals surface area contributed by atoms with Crippen molar-refractivity contribution in [2.45, 2.75) is 45.6 Å². The summed E-state index contributed by atoms with van der Waals surface area (Å²) in [6.45, 7) is 3.62. The third kappa shape index (κ3) is 3.04. The molecular formula is C19H22N4O2. The fourth-order valence-electron chi connectivity index (χ4n) is 3.56. The monoisotopic (exact) mass is 338 g/mol. The van der Waals surface area contributed by atoms with Crippen molar-refractivity contribution in [3.63, 3.8) is 0 Å². The molecule has 1 aliphatic rings. The molecule has 1 N–H and O–H groups in total. The number of nitrogens with one attached hydrogen (secondary N) is 1. The van der Waals surface area contributed by atoms with Crippen LogP contribution in [0.1, 0.15) is 36.3 Å². The van der Waals surface area contributed by atoms with Crippen LogP contribution in [-0.2, 0) is 37.0 Å². The van der Waals surface area contributed by atoms with E-state index < -0.39 is 0 Å². The van der Waals surface area contributed by atoms with Gasteiger partial charge in [0.05, 0.1) is 6.42 Å². The first-order valence-corrected chi connectivity index (χ1v) is 8.93. The topological polar surface area (TPSA) is 73.0 Å². The number of carbonyl (C=O) groups is 1. The minimum atomic E-state index is 0.0161. The van der Waals surface area contributed by atoms with Gasteiger partial charge in [-0.25, -0.2) is 0 Å². The van der Waals surface area contributed by atoms with Gasteiger partial charge in [0.1, 0.15) is 23.0 Å². The van der Waals surface area contributed by atoms with E-state index in [1.165, 1.54) is 0 Å². The molecule has 3 heterocycles. The summed E-state index contributed by atoms with van der Waals surface area (Å²) < 4.78 is 8.03. The Morgan fingerprint density at radius 2 is 2.20 bits per heavy atom. The summed E-state index contributed by atoms with van der Waals surface area (Å²) in [4.78, 5) is 12.4. The predicted molar refractivity (Wildman–Crippen MR) is 94.4 cm³/mol. The third-order valence-corrected chi connectivity index (χ3v) is 4.80. The van der Waals surface area contributed by atoms with Gasteiger partial charge in [-0.3, -0.25) is 4.79 Å². The van der Waals surface area contributed by atoms with E-state index >= 15 is 0 Å². The molecule has 0 aliphatic carbocycles. The molecule has 6 heteroatoms. The maximum atomic E-state index is 12.4. The summed E-state index contributed by atoms with van der Waals surface area (Å²) >= 11 is 0. The largest absolute Gasteiger partial charge is 0.461 e. The Morgan fingerprint density at radius 1 is 1.32 bits per heavy atom. The van der Waals surface area contributed by atoms with Gasteiger partial charge in [0, 0.05) is 43.3 Å². The van der Waals surface area contributed by atoms with Crippen LogP contribution < -0.4 is 5.32 Å². The number of furan rings is 1. The Bertz CT molecular complexity index is 909. The van der Waals surface area contributed by atoms with Crippen LogP contribution >= 0.6 is 0 Å². The standard InChI is InChI=1S/C19H22N4O2/c1-2-15-14(13-6-3-4-7-16(13)25-15)12-19(24)20-10-9-18-22-21-17-8-5-11-23(17)18/h3-4,6-7H,2,5,8-12H2,1H3,(H,20,24). The zero-order valence-corrected chi connectivity index (χ0v) is 14.4. The quantitative estimate of drug-likeness (QED) is 0.749. The molecule has 0 fully saturated rings. The first-order valence-electron chi connectivity index (χ1n) is 8.93. The van der Waals surface area contributed by atoms with Crippen LogP contribution in [0.2, 0.25) is 0 Å². The van der Waals surface area contributed by atoms with Crippen molar-refractivity contribution < 1.29 is 9.21 Å². The van der Waals surface area contributed by atoms with E-state index in [9.17, 15) is 4.79 Å². The van der Waals surface area contributed by atoms with Gasteiger partial charge < -0.3 is 14.3 Å². The molecule has 6 nitrogen and oxygen atoms in total. The molecular weight excluding hydrogens is 316 g/mol. The van der Waals surface area contributed by atoms with Gasteiger partial charge in [-0.15, -0.1) is 10.2 Å². The lowest BCUT2D eigenvalue weighted by Gasteiger charge is -2.06. The number of hydrogen-bond acceptors (Lipinski definition) is 4. The second kappa shape index (κ2) is 6.70. The number of rotatable bonds is 6. The van der Waals surface area contributed by atoms with Crippen molar-refractivity contribution in [2.75, 3.05) is 6.54 Å². The summed E-state index contributed by atoms with van der Waals surface area (Å²) in [5, 5.41) is 12.5. The van der Waals surface area contributed by atoms with E-state index in [1.54, 1.807) is 0 Å². The third-order valence-electron chi connectivity index (χ3n) is 4.80. The van der Waals surface area contributed by atoms with Crippen molar-refractivity contribution in [2.24, 2.45) is 0 Å². The number of fused-ring (bicyclic) bond motifs is 2. The number of carbonyl (C=O) groups excluding carboxylic acids is 1. The Labute approximate surface area is 146 Å². The Morgan fingerprint density at radius 3 is 3.08 bits per heavy atom. The highest BCUT2D eigenvalue weighted by atomic mass is 16.3. The van der Waals surface area contributed by atoms with Crippen LogP contribution in [0.3, 0.4) is 0 Å². The normalized spacial score (nSPS) is 13.3. The van der Waals surface area contributed by atoms with Gasteiger partial charge in [0.25, 0.3) is 0 Å². The fourth-order valence-corrected chi connectivity index (χ4v) is 3.56. The molecule has 3 aromatic rings. The first kappa shape index (κ1) is 15.9. The maximum Gasteiger partial charge on any atom is 0.224 e. The number of nitrogens with zero attached hydrogens (tertiary/aromatic N) is 3. The Balaban J connectivity index is 1.39. The zero-order valence-electron chi connectivity index (χ0n) is 14.4. The first-order chi connectivity index (χ1) is 12.3. The minimum absolute atomic E-state index is 0.0161. The molecule has 0 bridgehead atoms. The summed E-state index contributed by atoms with van der Waals surface area (Å²) in [5.41, 5.74) is 1.85. The number of aryl methyl sites for hydroxylation is 2. The van der Waals surface area contributed by atoms with Crippen molar-refractivity contribution in [1.82, 2.24) is 20.1 Å². The second-order valence-corrected chi connectivity index (χ2v) is 6.42. The molecule has 4 rings (SSSR count). The molecule has 0 unspecified atom stereocenters. The van der Waals surface area contributed by atoms with Crippen LogP contribution in [0.4, 0.5) is 0 Å². The van der Waals surface area contributed by atoms with Gasteiger partial charge in [0.2, 0.25) is 5.91 Å². The van der Waals surface area contributed by atoms with Crippen molar-refractivity contribution >= 4 is 16.9 Å². The molecule has 0 saturated carbocycles. The zero-order chi connectivity index (χ0) is 17.2. The lowest BCUT2D eigenvalue weighted by Crippen LogP contribution is -2.28. The van der Waals surface area contributed by atoms with Crippen molar-refractivity contribution in [3.8, 4) is 0 Å². The van der Waals surface area contributed by atoms with E-state index in [2.05, 4.69) is 20.1 Å². The van der Waals surface area contributed by atoms with Gasteiger partial charge >= 0.3 is 0 Å². The summed E-state index contributed by atoms with van der Waals surface area (Å²) in [5.74, 6) is 2.95. The van der Waals surface area contributed by atoms with Gasteiger partial charge in [-0.2, -0.15) is 0 Å². The summed E-state index contributed by atoms with van der Waals surface area (Å²) in [6.07, 6.45) is 3.98. The van der Waals surface area contributed by atoms with Crippen LogP contribution in [-0.4, -0.2) is 27.2 Å². The SMILES string of the molecule is CCc1oc2ccccc2c1CC(=O)NCCc1nnc2n1CCC2. The molecule has 0 saturated heterocycles. The molecule has 1 amide bonds. The molecule has 1 aromatic carbocycles. The molecule has 25 heavy (non-hydrogen) atoms. The number of hydrogen-bond donors (Lipinski definition) is 1. The molecule has 2 aromatic heterocycles. The molecule has 1 aliphatic heterocycles. The smallest absolute Gasteiger partial charge is 0.224 e. The van der Waals surface area contributed by atoms with Crippen LogP contribution in [0, 0.1) is 0 Å². The predicted octanol–water partition coefficient (Wildman–Crippen LogP) is 2.43. The average Bonchev–Trinajstić information content (AvgIpc) is 3.31. The molecule has 0 radical (unpaired) electrons. The van der Waals surface area contributed by atoms with E-state index in [0.717, 1.165) is 59.7 Å². The lowest BCUT2D eigenvalue weighted by molar-refractivity contribution is -0.120. The minimum Gasteiger partial charge on any atom is -0.461 e. The highest BCUT2D eigenvalue weighted by Gasteiger charge is 2.18. The average molecular weight is 338 g/mol. The highest BCUT2D eigenvalue weighted by Crippen LogP contribution is 2.26. The molecule has 0 spiro atoms.